The highest BCUT2D eigenvalue weighted by molar-refractivity contribution is 6.87. The topological polar surface area (TPSA) is 0 Å². The van der Waals surface area contributed by atoms with E-state index >= 15 is 0 Å². The van der Waals surface area contributed by atoms with E-state index < -0.39 is 8.07 Å². The molecule has 0 bridgehead atoms. The molecule has 0 saturated carbocycles. The molecule has 0 aliphatic rings. The molecule has 0 heterocycles. The number of halogens is 1. The molecule has 0 rings (SSSR count). The molecule has 78 valence electrons. The van der Waals surface area contributed by atoms with Crippen LogP contribution in [-0.4, -0.2) is 14.0 Å². The van der Waals surface area contributed by atoms with E-state index in [1.165, 1.54) is 11.2 Å². The van der Waals surface area contributed by atoms with Crippen LogP contribution in [0.1, 0.15) is 34.1 Å². The predicted octanol–water partition coefficient (Wildman–Crippen LogP) is 4.61. The molecular weight excluding hydrogens is 196 g/mol. The monoisotopic (exact) mass is 218 g/mol. The lowest BCUT2D eigenvalue weighted by atomic mass is 10.2. The lowest BCUT2D eigenvalue weighted by Crippen LogP contribution is -2.42. The highest BCUT2D eigenvalue weighted by Gasteiger charge is 2.39. The Morgan fingerprint density at radius 2 is 1.85 bits per heavy atom. The lowest BCUT2D eigenvalue weighted by molar-refractivity contribution is 0.711. The second-order valence-electron chi connectivity index (χ2n) is 5.15. The Morgan fingerprint density at radius 3 is 2.08 bits per heavy atom. The molecule has 0 saturated heterocycles. The highest BCUT2D eigenvalue weighted by atomic mass is 35.5. The molecule has 0 aromatic rings. The van der Waals surface area contributed by atoms with Gasteiger partial charge in [0, 0.05) is 5.88 Å². The summed E-state index contributed by atoms with van der Waals surface area (Å²) in [6.07, 6.45) is 1.13. The van der Waals surface area contributed by atoms with Gasteiger partial charge in [-0.25, -0.2) is 0 Å². The van der Waals surface area contributed by atoms with Crippen molar-refractivity contribution in [2.24, 2.45) is 0 Å². The quantitative estimate of drug-likeness (QED) is 0.478. The minimum absolute atomic E-state index is 0.408. The zero-order valence-electron chi connectivity index (χ0n) is 9.71. The molecule has 1 unspecified atom stereocenters. The molecule has 0 amide bonds. The second-order valence-corrected chi connectivity index (χ2v) is 11.1. The van der Waals surface area contributed by atoms with Crippen molar-refractivity contribution in [1.82, 2.24) is 0 Å². The first-order chi connectivity index (χ1) is 5.75. The number of alkyl halides is 1. The van der Waals surface area contributed by atoms with Crippen LogP contribution >= 0.6 is 11.6 Å². The van der Waals surface area contributed by atoms with Crippen molar-refractivity contribution in [3.05, 3.63) is 11.8 Å². The van der Waals surface area contributed by atoms with Crippen LogP contribution in [0.15, 0.2) is 11.8 Å². The van der Waals surface area contributed by atoms with E-state index in [4.69, 9.17) is 11.6 Å². The van der Waals surface area contributed by atoms with Crippen LogP contribution in [0.5, 0.6) is 0 Å². The first-order valence-electron chi connectivity index (χ1n) is 4.97. The standard InChI is InChI=1S/C11H23ClSi/c1-10(2)13(6,9-7-8-12)11(3,4)5/h1,7-9H2,2-6H3. The average Bonchev–Trinajstić information content (AvgIpc) is 1.97. The molecule has 0 aromatic carbocycles. The lowest BCUT2D eigenvalue weighted by Gasteiger charge is -2.41. The van der Waals surface area contributed by atoms with Gasteiger partial charge in [0.1, 0.15) is 0 Å². The van der Waals surface area contributed by atoms with Crippen molar-refractivity contribution in [2.45, 2.75) is 51.7 Å². The van der Waals surface area contributed by atoms with Crippen LogP contribution in [0.3, 0.4) is 0 Å². The molecule has 0 aliphatic heterocycles. The molecule has 0 radical (unpaired) electrons. The van der Waals surface area contributed by atoms with Gasteiger partial charge in [-0.15, -0.1) is 18.2 Å². The van der Waals surface area contributed by atoms with E-state index in [2.05, 4.69) is 40.8 Å². The fourth-order valence-corrected chi connectivity index (χ4v) is 5.35. The van der Waals surface area contributed by atoms with E-state index in [0.29, 0.717) is 5.04 Å². The third-order valence-electron chi connectivity index (χ3n) is 3.41. The number of rotatable bonds is 4. The maximum atomic E-state index is 5.75. The van der Waals surface area contributed by atoms with E-state index in [1.807, 2.05) is 0 Å². The molecule has 0 aromatic heterocycles. The predicted molar refractivity (Wildman–Crippen MR) is 66.3 cm³/mol. The third kappa shape index (κ3) is 3.14. The summed E-state index contributed by atoms with van der Waals surface area (Å²) in [7, 11) is -1.33. The van der Waals surface area contributed by atoms with Gasteiger partial charge in [0.2, 0.25) is 0 Å². The number of hydrogen-bond donors (Lipinski definition) is 0. The summed E-state index contributed by atoms with van der Waals surface area (Å²) in [5.41, 5.74) is 0. The highest BCUT2D eigenvalue weighted by Crippen LogP contribution is 2.43. The van der Waals surface area contributed by atoms with Crippen molar-refractivity contribution in [3.8, 4) is 0 Å². The van der Waals surface area contributed by atoms with Crippen molar-refractivity contribution in [1.29, 1.82) is 0 Å². The van der Waals surface area contributed by atoms with Gasteiger partial charge in [0.25, 0.3) is 0 Å². The van der Waals surface area contributed by atoms with Crippen LogP contribution in [0.25, 0.3) is 0 Å². The molecule has 0 N–H and O–H groups in total. The normalized spacial score (nSPS) is 16.8. The van der Waals surface area contributed by atoms with Gasteiger partial charge in [-0.05, 0) is 18.4 Å². The van der Waals surface area contributed by atoms with Gasteiger partial charge in [-0.1, -0.05) is 38.6 Å². The summed E-state index contributed by atoms with van der Waals surface area (Å²) in [5.74, 6) is 0.784. The van der Waals surface area contributed by atoms with Gasteiger partial charge in [0.15, 0.2) is 0 Å². The summed E-state index contributed by atoms with van der Waals surface area (Å²) in [6.45, 7) is 15.8. The fraction of sp³-hybridized carbons (Fsp3) is 0.818. The zero-order valence-corrected chi connectivity index (χ0v) is 11.5. The molecule has 0 spiro atoms. The third-order valence-corrected chi connectivity index (χ3v) is 10.2. The minimum atomic E-state index is -1.33. The first-order valence-corrected chi connectivity index (χ1v) is 8.22. The van der Waals surface area contributed by atoms with Crippen molar-refractivity contribution in [3.63, 3.8) is 0 Å². The maximum Gasteiger partial charge on any atom is 0.0827 e. The van der Waals surface area contributed by atoms with Crippen LogP contribution in [0.2, 0.25) is 17.6 Å². The van der Waals surface area contributed by atoms with Gasteiger partial charge >= 0.3 is 0 Å². The van der Waals surface area contributed by atoms with Gasteiger partial charge in [-0.3, -0.25) is 0 Å². The zero-order chi connectivity index (χ0) is 10.7. The molecule has 2 heteroatoms. The Hall–Kier alpha value is 0.247. The summed E-state index contributed by atoms with van der Waals surface area (Å²) in [5, 5.41) is 1.82. The maximum absolute atomic E-state index is 5.75. The molecule has 0 fully saturated rings. The van der Waals surface area contributed by atoms with Crippen LogP contribution in [-0.2, 0) is 0 Å². The molecule has 0 nitrogen and oxygen atoms in total. The SMILES string of the molecule is C=C(C)[Si](C)(CCCCl)C(C)(C)C. The number of hydrogen-bond acceptors (Lipinski definition) is 0. The number of allylic oxidation sites excluding steroid dienone is 1. The average molecular weight is 219 g/mol. The van der Waals surface area contributed by atoms with E-state index in [9.17, 15) is 0 Å². The van der Waals surface area contributed by atoms with Gasteiger partial charge in [0.05, 0.1) is 8.07 Å². The fourth-order valence-electron chi connectivity index (χ4n) is 1.65. The Labute approximate surface area is 89.4 Å². The summed E-state index contributed by atoms with van der Waals surface area (Å²) >= 11 is 5.75. The molecule has 13 heavy (non-hydrogen) atoms. The summed E-state index contributed by atoms with van der Waals surface area (Å²) < 4.78 is 0. The van der Waals surface area contributed by atoms with E-state index in [1.54, 1.807) is 0 Å². The van der Waals surface area contributed by atoms with Gasteiger partial charge in [-0.2, -0.15) is 0 Å². The Morgan fingerprint density at radius 1 is 1.38 bits per heavy atom. The Balaban J connectivity index is 4.64. The molecular formula is C11H23ClSi. The minimum Gasteiger partial charge on any atom is -0.127 e. The van der Waals surface area contributed by atoms with Crippen LogP contribution in [0.4, 0.5) is 0 Å². The van der Waals surface area contributed by atoms with E-state index in [0.717, 1.165) is 12.3 Å². The molecule has 1 atom stereocenters. The van der Waals surface area contributed by atoms with E-state index in [-0.39, 0.29) is 0 Å². The summed E-state index contributed by atoms with van der Waals surface area (Å²) in [6, 6.07) is 1.27. The van der Waals surface area contributed by atoms with Crippen LogP contribution in [0, 0.1) is 0 Å². The first kappa shape index (κ1) is 13.2. The van der Waals surface area contributed by atoms with Crippen molar-refractivity contribution >= 4 is 19.7 Å². The van der Waals surface area contributed by atoms with Gasteiger partial charge < -0.3 is 0 Å². The Kier molecular flexibility index (Phi) is 4.74. The largest absolute Gasteiger partial charge is 0.127 e. The van der Waals surface area contributed by atoms with Crippen molar-refractivity contribution in [2.75, 3.05) is 5.88 Å². The van der Waals surface area contributed by atoms with Crippen LogP contribution < -0.4 is 0 Å². The smallest absolute Gasteiger partial charge is 0.0827 e. The Bertz CT molecular complexity index is 181. The van der Waals surface area contributed by atoms with Crippen molar-refractivity contribution < 1.29 is 0 Å². The molecule has 0 aliphatic carbocycles. The second kappa shape index (κ2) is 4.65. The summed E-state index contributed by atoms with van der Waals surface area (Å²) in [4.78, 5) is 0.